The fourth-order valence-corrected chi connectivity index (χ4v) is 3.77. The molecule has 0 bridgehead atoms. The van der Waals surface area contributed by atoms with Crippen molar-refractivity contribution in [2.75, 3.05) is 13.3 Å². The second-order valence-electron chi connectivity index (χ2n) is 7.48. The molecule has 4 rings (SSSR count). The Labute approximate surface area is 178 Å². The smallest absolute Gasteiger partial charge is 0.224 e. The zero-order valence-electron chi connectivity index (χ0n) is 17.4. The third-order valence-corrected chi connectivity index (χ3v) is 5.32. The highest BCUT2D eigenvalue weighted by Gasteiger charge is 2.18. The van der Waals surface area contributed by atoms with Crippen molar-refractivity contribution in [1.82, 2.24) is 15.1 Å². The first-order valence-electron chi connectivity index (χ1n) is 10.0. The Morgan fingerprint density at radius 3 is 2.71 bits per heavy atom. The predicted octanol–water partition coefficient (Wildman–Crippen LogP) is 3.54. The molecule has 0 aliphatic carbocycles. The van der Waals surface area contributed by atoms with Crippen molar-refractivity contribution in [3.8, 4) is 11.4 Å². The molecule has 0 unspecified atom stereocenters. The highest BCUT2D eigenvalue weighted by atomic mass is 19.1. The van der Waals surface area contributed by atoms with Gasteiger partial charge in [-0.05, 0) is 62.2 Å². The summed E-state index contributed by atoms with van der Waals surface area (Å²) >= 11 is 0. The molecule has 2 heterocycles. The number of fused-ring (bicyclic) bond motifs is 1. The van der Waals surface area contributed by atoms with Gasteiger partial charge < -0.3 is 14.8 Å². The first-order chi connectivity index (χ1) is 14.9. The molecule has 31 heavy (non-hydrogen) atoms. The van der Waals surface area contributed by atoms with Gasteiger partial charge in [-0.1, -0.05) is 0 Å². The van der Waals surface area contributed by atoms with Gasteiger partial charge in [-0.25, -0.2) is 13.5 Å². The average Bonchev–Trinajstić information content (AvgIpc) is 3.02. The summed E-state index contributed by atoms with van der Waals surface area (Å²) < 4.78 is 39.5. The number of carbonyl (C=O) groups is 1. The van der Waals surface area contributed by atoms with Gasteiger partial charge in [0.15, 0.2) is 6.79 Å². The molecule has 0 saturated heterocycles. The van der Waals surface area contributed by atoms with Crippen LogP contribution in [0.15, 0.2) is 36.4 Å². The van der Waals surface area contributed by atoms with Crippen LogP contribution in [0.5, 0.6) is 5.75 Å². The first-order valence-corrected chi connectivity index (χ1v) is 10.0. The van der Waals surface area contributed by atoms with Crippen molar-refractivity contribution >= 4 is 5.91 Å². The van der Waals surface area contributed by atoms with Crippen LogP contribution in [-0.2, 0) is 29.0 Å². The van der Waals surface area contributed by atoms with E-state index in [1.165, 1.54) is 24.3 Å². The second kappa shape index (κ2) is 8.85. The highest BCUT2D eigenvalue weighted by Crippen LogP contribution is 2.29. The first kappa shape index (κ1) is 21.0. The Kier molecular flexibility index (Phi) is 5.99. The van der Waals surface area contributed by atoms with Crippen LogP contribution >= 0.6 is 0 Å². The van der Waals surface area contributed by atoms with Crippen LogP contribution in [0.3, 0.4) is 0 Å². The van der Waals surface area contributed by atoms with Gasteiger partial charge in [0.25, 0.3) is 0 Å². The van der Waals surface area contributed by atoms with E-state index in [1.54, 1.807) is 16.8 Å². The molecule has 1 aliphatic rings. The number of ether oxygens (including phenoxy) is 2. The molecule has 0 radical (unpaired) electrons. The van der Waals surface area contributed by atoms with E-state index in [-0.39, 0.29) is 30.8 Å². The van der Waals surface area contributed by atoms with Crippen molar-refractivity contribution < 1.29 is 23.0 Å². The number of hydrogen-bond donors (Lipinski definition) is 1. The van der Waals surface area contributed by atoms with Gasteiger partial charge in [0.2, 0.25) is 5.91 Å². The number of nitrogens with zero attached hydrogens (tertiary/aromatic N) is 2. The molecule has 1 aromatic heterocycles. The normalized spacial score (nSPS) is 12.9. The van der Waals surface area contributed by atoms with E-state index in [9.17, 15) is 13.6 Å². The molecule has 0 atom stereocenters. The van der Waals surface area contributed by atoms with Crippen LogP contribution in [-0.4, -0.2) is 29.0 Å². The molecule has 1 N–H and O–H groups in total. The summed E-state index contributed by atoms with van der Waals surface area (Å²) in [6, 6.07) is 8.87. The van der Waals surface area contributed by atoms with E-state index in [2.05, 4.69) is 10.4 Å². The number of nitrogens with one attached hydrogen (secondary N) is 1. The Morgan fingerprint density at radius 1 is 1.16 bits per heavy atom. The number of rotatable bonds is 6. The number of benzene rings is 2. The molecule has 6 nitrogen and oxygen atoms in total. The summed E-state index contributed by atoms with van der Waals surface area (Å²) in [6.07, 6.45) is 0.614. The number of aromatic nitrogens is 2. The van der Waals surface area contributed by atoms with E-state index in [0.29, 0.717) is 36.4 Å². The van der Waals surface area contributed by atoms with Crippen molar-refractivity contribution in [2.45, 2.75) is 33.3 Å². The average molecular weight is 427 g/mol. The summed E-state index contributed by atoms with van der Waals surface area (Å²) in [5.74, 6) is -0.190. The van der Waals surface area contributed by atoms with Crippen LogP contribution < -0.4 is 10.1 Å². The Bertz CT molecular complexity index is 1110. The Hall–Kier alpha value is -3.26. The molecular formula is C23H23F2N3O3. The summed E-state index contributed by atoms with van der Waals surface area (Å²) in [6.45, 7) is 4.51. The summed E-state index contributed by atoms with van der Waals surface area (Å²) in [5.41, 5.74) is 4.50. The molecule has 3 aromatic rings. The molecule has 0 fully saturated rings. The predicted molar refractivity (Wildman–Crippen MR) is 110 cm³/mol. The van der Waals surface area contributed by atoms with Gasteiger partial charge in [0.1, 0.15) is 17.4 Å². The monoisotopic (exact) mass is 427 g/mol. The van der Waals surface area contributed by atoms with Gasteiger partial charge >= 0.3 is 0 Å². The molecule has 0 saturated carbocycles. The van der Waals surface area contributed by atoms with Gasteiger partial charge in [-0.2, -0.15) is 5.10 Å². The molecule has 162 valence electrons. The zero-order valence-corrected chi connectivity index (χ0v) is 17.4. The molecular weight excluding hydrogens is 404 g/mol. The van der Waals surface area contributed by atoms with Crippen LogP contribution in [0.2, 0.25) is 0 Å². The van der Waals surface area contributed by atoms with Gasteiger partial charge in [0, 0.05) is 23.4 Å². The summed E-state index contributed by atoms with van der Waals surface area (Å²) in [7, 11) is 0. The number of halogens is 2. The number of aryl methyl sites for hydroxylation is 1. The van der Waals surface area contributed by atoms with Crippen LogP contribution in [0.25, 0.3) is 5.69 Å². The molecule has 2 aromatic carbocycles. The van der Waals surface area contributed by atoms with E-state index >= 15 is 0 Å². The van der Waals surface area contributed by atoms with Crippen LogP contribution in [0.4, 0.5) is 8.78 Å². The second-order valence-corrected chi connectivity index (χ2v) is 7.48. The SMILES string of the molecule is Cc1nn(-c2ccc(F)cc2)c(C)c1CC(=O)NCCc1cc(F)cc2c1OCOC2. The lowest BCUT2D eigenvalue weighted by atomic mass is 10.1. The van der Waals surface area contributed by atoms with Gasteiger partial charge in [-0.3, -0.25) is 4.79 Å². The fourth-order valence-electron chi connectivity index (χ4n) is 3.77. The third kappa shape index (κ3) is 4.59. The largest absolute Gasteiger partial charge is 0.467 e. The minimum absolute atomic E-state index is 0.134. The van der Waals surface area contributed by atoms with Crippen LogP contribution in [0.1, 0.15) is 28.1 Å². The molecule has 0 spiro atoms. The lowest BCUT2D eigenvalue weighted by molar-refractivity contribution is -0.120. The fraction of sp³-hybridized carbons (Fsp3) is 0.304. The minimum atomic E-state index is -0.353. The topological polar surface area (TPSA) is 65.4 Å². The van der Waals surface area contributed by atoms with Gasteiger partial charge in [-0.15, -0.1) is 0 Å². The Morgan fingerprint density at radius 2 is 1.94 bits per heavy atom. The number of hydrogen-bond acceptors (Lipinski definition) is 4. The number of carbonyl (C=O) groups excluding carboxylic acids is 1. The van der Waals surface area contributed by atoms with E-state index < -0.39 is 0 Å². The van der Waals surface area contributed by atoms with Crippen LogP contribution in [0, 0.1) is 25.5 Å². The lowest BCUT2D eigenvalue weighted by Gasteiger charge is -2.21. The number of amides is 1. The van der Waals surface area contributed by atoms with Crippen molar-refractivity contribution in [3.63, 3.8) is 0 Å². The summed E-state index contributed by atoms with van der Waals surface area (Å²) in [5, 5.41) is 7.38. The van der Waals surface area contributed by atoms with Crippen molar-refractivity contribution in [3.05, 3.63) is 76.1 Å². The molecule has 1 amide bonds. The maximum Gasteiger partial charge on any atom is 0.224 e. The highest BCUT2D eigenvalue weighted by molar-refractivity contribution is 5.79. The van der Waals surface area contributed by atoms with Gasteiger partial charge in [0.05, 0.1) is 24.4 Å². The summed E-state index contributed by atoms with van der Waals surface area (Å²) in [4.78, 5) is 12.5. The lowest BCUT2D eigenvalue weighted by Crippen LogP contribution is -2.28. The minimum Gasteiger partial charge on any atom is -0.467 e. The van der Waals surface area contributed by atoms with Crippen molar-refractivity contribution in [2.24, 2.45) is 0 Å². The molecule has 8 heteroatoms. The Balaban J connectivity index is 1.40. The van der Waals surface area contributed by atoms with Crippen molar-refractivity contribution in [1.29, 1.82) is 0 Å². The quantitative estimate of drug-likeness (QED) is 0.654. The maximum absolute atomic E-state index is 13.9. The maximum atomic E-state index is 13.9. The van der Waals surface area contributed by atoms with E-state index in [0.717, 1.165) is 22.6 Å². The van der Waals surface area contributed by atoms with E-state index in [4.69, 9.17) is 9.47 Å². The third-order valence-electron chi connectivity index (χ3n) is 5.32. The zero-order chi connectivity index (χ0) is 22.0. The van der Waals surface area contributed by atoms with E-state index in [1.807, 2.05) is 13.8 Å². The molecule has 1 aliphatic heterocycles. The standard InChI is InChI=1S/C23H23F2N3O3/c1-14-21(15(2)28(27-14)20-5-3-18(24)4-6-20)11-22(29)26-8-7-16-9-19(25)10-17-12-30-13-31-23(16)17/h3-6,9-10H,7-8,11-13H2,1-2H3,(H,26,29).